The molecule has 2 aromatic carbocycles. The smallest absolute Gasteiger partial charge is 0.329 e. The summed E-state index contributed by atoms with van der Waals surface area (Å²) in [6.45, 7) is 7.49. The van der Waals surface area contributed by atoms with E-state index in [0.717, 1.165) is 5.56 Å². The van der Waals surface area contributed by atoms with Crippen LogP contribution in [0.15, 0.2) is 54.6 Å². The number of para-hydroxylation sites is 1. The summed E-state index contributed by atoms with van der Waals surface area (Å²) in [7, 11) is 0. The predicted octanol–water partition coefficient (Wildman–Crippen LogP) is 2.94. The van der Waals surface area contributed by atoms with Gasteiger partial charge in [-0.25, -0.2) is 4.79 Å². The van der Waals surface area contributed by atoms with Gasteiger partial charge in [0.1, 0.15) is 6.04 Å². The van der Waals surface area contributed by atoms with E-state index in [1.807, 2.05) is 44.2 Å². The largest absolute Gasteiger partial charge is 0.454 e. The molecule has 0 unspecified atom stereocenters. The summed E-state index contributed by atoms with van der Waals surface area (Å²) in [5.74, 6) is -1.85. The Bertz CT molecular complexity index is 989. The summed E-state index contributed by atoms with van der Waals surface area (Å²) >= 11 is 0. The summed E-state index contributed by atoms with van der Waals surface area (Å²) < 4.78 is 5.16. The maximum Gasteiger partial charge on any atom is 0.329 e. The van der Waals surface area contributed by atoms with Crippen LogP contribution in [0.3, 0.4) is 0 Å². The molecule has 2 rings (SSSR count). The van der Waals surface area contributed by atoms with Crippen molar-refractivity contribution in [3.63, 3.8) is 0 Å². The molecule has 34 heavy (non-hydrogen) atoms. The minimum atomic E-state index is -0.891. The normalized spacial score (nSPS) is 11.6. The van der Waals surface area contributed by atoms with Crippen LogP contribution in [0.5, 0.6) is 0 Å². The van der Waals surface area contributed by atoms with Gasteiger partial charge >= 0.3 is 5.97 Å². The quantitative estimate of drug-likeness (QED) is 0.440. The van der Waals surface area contributed by atoms with Crippen molar-refractivity contribution >= 4 is 29.4 Å². The van der Waals surface area contributed by atoms with Gasteiger partial charge in [0, 0.05) is 6.54 Å². The van der Waals surface area contributed by atoms with Crippen molar-refractivity contribution in [3.8, 4) is 0 Å². The van der Waals surface area contributed by atoms with Crippen molar-refractivity contribution in [2.45, 2.75) is 40.2 Å². The Morgan fingerprint density at radius 3 is 2.15 bits per heavy atom. The summed E-state index contributed by atoms with van der Waals surface area (Å²) in [6, 6.07) is 14.9. The topological polar surface area (TPSA) is 114 Å². The van der Waals surface area contributed by atoms with Crippen LogP contribution in [0.1, 0.15) is 43.6 Å². The number of anilines is 1. The highest BCUT2D eigenvalue weighted by molar-refractivity contribution is 6.04. The van der Waals surface area contributed by atoms with E-state index in [4.69, 9.17) is 4.74 Å². The molecule has 0 saturated heterocycles. The van der Waals surface area contributed by atoms with Crippen LogP contribution in [0.2, 0.25) is 0 Å². The number of ether oxygens (including phenoxy) is 1. The molecule has 0 aliphatic rings. The average molecular weight is 468 g/mol. The lowest BCUT2D eigenvalue weighted by atomic mass is 10.0. The first-order chi connectivity index (χ1) is 16.2. The fourth-order valence-electron chi connectivity index (χ4n) is 3.10. The standard InChI is InChI=1S/C26H33N3O5/c1-17(2)15-27-25(32)20-12-8-9-13-21(20)28-23(31)16-34-26(33)24(18(3)4)29-22(30)14-19-10-6-5-7-11-19/h5-13,17-18,24H,14-16H2,1-4H3,(H,27,32)(H,28,31)(H,29,30)/t24-/m0/s1. The van der Waals surface area contributed by atoms with E-state index >= 15 is 0 Å². The molecule has 3 amide bonds. The zero-order chi connectivity index (χ0) is 25.1. The van der Waals surface area contributed by atoms with E-state index in [1.165, 1.54) is 0 Å². The van der Waals surface area contributed by atoms with Crippen molar-refractivity contribution in [3.05, 3.63) is 65.7 Å². The number of rotatable bonds is 11. The number of benzene rings is 2. The molecule has 0 saturated carbocycles. The van der Waals surface area contributed by atoms with E-state index in [-0.39, 0.29) is 30.1 Å². The lowest BCUT2D eigenvalue weighted by molar-refractivity contribution is -0.151. The summed E-state index contributed by atoms with van der Waals surface area (Å²) in [5, 5.41) is 8.11. The second-order valence-electron chi connectivity index (χ2n) is 8.76. The second kappa shape index (κ2) is 13.1. The van der Waals surface area contributed by atoms with E-state index in [0.29, 0.717) is 17.8 Å². The lowest BCUT2D eigenvalue weighted by Crippen LogP contribution is -2.46. The van der Waals surface area contributed by atoms with Crippen LogP contribution < -0.4 is 16.0 Å². The van der Waals surface area contributed by atoms with E-state index < -0.39 is 24.5 Å². The molecule has 8 nitrogen and oxygen atoms in total. The molecule has 3 N–H and O–H groups in total. The molecule has 0 radical (unpaired) electrons. The monoisotopic (exact) mass is 467 g/mol. The van der Waals surface area contributed by atoms with Gasteiger partial charge in [0.2, 0.25) is 5.91 Å². The molecule has 2 aromatic rings. The third-order valence-corrected chi connectivity index (χ3v) is 4.91. The van der Waals surface area contributed by atoms with Crippen LogP contribution in [0.4, 0.5) is 5.69 Å². The fraction of sp³-hybridized carbons (Fsp3) is 0.385. The number of esters is 1. The maximum atomic E-state index is 12.6. The SMILES string of the molecule is CC(C)CNC(=O)c1ccccc1NC(=O)COC(=O)[C@@H](NC(=O)Cc1ccccc1)C(C)C. The van der Waals surface area contributed by atoms with Crippen LogP contribution in [-0.4, -0.2) is 42.9 Å². The molecule has 0 fully saturated rings. The number of nitrogens with one attached hydrogen (secondary N) is 3. The lowest BCUT2D eigenvalue weighted by Gasteiger charge is -2.21. The Balaban J connectivity index is 1.92. The third-order valence-electron chi connectivity index (χ3n) is 4.91. The van der Waals surface area contributed by atoms with Gasteiger partial charge in [-0.2, -0.15) is 0 Å². The molecule has 0 aliphatic heterocycles. The average Bonchev–Trinajstić information content (AvgIpc) is 2.80. The molecular weight excluding hydrogens is 434 g/mol. The first-order valence-corrected chi connectivity index (χ1v) is 11.3. The van der Waals surface area contributed by atoms with Crippen molar-refractivity contribution in [2.24, 2.45) is 11.8 Å². The first kappa shape index (κ1) is 26.6. The summed E-state index contributed by atoms with van der Waals surface area (Å²) in [6.07, 6.45) is 0.132. The molecule has 0 heterocycles. The van der Waals surface area contributed by atoms with E-state index in [1.54, 1.807) is 38.1 Å². The van der Waals surface area contributed by atoms with E-state index in [9.17, 15) is 19.2 Å². The van der Waals surface area contributed by atoms with Gasteiger partial charge in [-0.1, -0.05) is 70.2 Å². The molecule has 8 heteroatoms. The van der Waals surface area contributed by atoms with Gasteiger partial charge in [-0.3, -0.25) is 14.4 Å². The number of hydrogen-bond donors (Lipinski definition) is 3. The molecule has 0 bridgehead atoms. The highest BCUT2D eigenvalue weighted by atomic mass is 16.5. The zero-order valence-electron chi connectivity index (χ0n) is 20.1. The minimum absolute atomic E-state index is 0.132. The molecule has 0 spiro atoms. The Morgan fingerprint density at radius 2 is 1.50 bits per heavy atom. The zero-order valence-corrected chi connectivity index (χ0v) is 20.1. The molecule has 0 aromatic heterocycles. The van der Waals surface area contributed by atoms with Crippen LogP contribution in [-0.2, 0) is 25.5 Å². The minimum Gasteiger partial charge on any atom is -0.454 e. The van der Waals surface area contributed by atoms with Crippen molar-refractivity contribution in [1.82, 2.24) is 10.6 Å². The summed E-state index contributed by atoms with van der Waals surface area (Å²) in [4.78, 5) is 49.8. The van der Waals surface area contributed by atoms with Gasteiger partial charge in [-0.05, 0) is 29.5 Å². The number of hydrogen-bond acceptors (Lipinski definition) is 5. The van der Waals surface area contributed by atoms with Gasteiger partial charge in [0.25, 0.3) is 11.8 Å². The van der Waals surface area contributed by atoms with Crippen LogP contribution >= 0.6 is 0 Å². The van der Waals surface area contributed by atoms with Crippen LogP contribution in [0, 0.1) is 11.8 Å². The Morgan fingerprint density at radius 1 is 0.853 bits per heavy atom. The van der Waals surface area contributed by atoms with Gasteiger partial charge < -0.3 is 20.7 Å². The number of amides is 3. The maximum absolute atomic E-state index is 12.6. The van der Waals surface area contributed by atoms with Crippen molar-refractivity contribution in [1.29, 1.82) is 0 Å². The van der Waals surface area contributed by atoms with Crippen LogP contribution in [0.25, 0.3) is 0 Å². The van der Waals surface area contributed by atoms with Gasteiger partial charge in [0.05, 0.1) is 17.7 Å². The molecule has 0 aliphatic carbocycles. The summed E-state index contributed by atoms with van der Waals surface area (Å²) in [5.41, 5.74) is 1.46. The first-order valence-electron chi connectivity index (χ1n) is 11.3. The molecule has 1 atom stereocenters. The van der Waals surface area contributed by atoms with Crippen molar-refractivity contribution < 1.29 is 23.9 Å². The van der Waals surface area contributed by atoms with Gasteiger partial charge in [-0.15, -0.1) is 0 Å². The Kier molecular flexibility index (Phi) is 10.3. The highest BCUT2D eigenvalue weighted by Gasteiger charge is 2.26. The Hall–Kier alpha value is -3.68. The molecule has 182 valence electrons. The third kappa shape index (κ3) is 8.69. The predicted molar refractivity (Wildman–Crippen MR) is 130 cm³/mol. The highest BCUT2D eigenvalue weighted by Crippen LogP contribution is 2.15. The fourth-order valence-corrected chi connectivity index (χ4v) is 3.10. The van der Waals surface area contributed by atoms with Gasteiger partial charge in [0.15, 0.2) is 6.61 Å². The van der Waals surface area contributed by atoms with E-state index in [2.05, 4.69) is 16.0 Å². The second-order valence-corrected chi connectivity index (χ2v) is 8.76. The van der Waals surface area contributed by atoms with Crippen molar-refractivity contribution in [2.75, 3.05) is 18.5 Å². The molecular formula is C26H33N3O5. The Labute approximate surface area is 200 Å². The number of carbonyl (C=O) groups excluding carboxylic acids is 4. The number of carbonyl (C=O) groups is 4.